The van der Waals surface area contributed by atoms with Gasteiger partial charge in [-0.2, -0.15) is 0 Å². The maximum atomic E-state index is 13.9. The second kappa shape index (κ2) is 16.9. The minimum absolute atomic E-state index is 0.0134. The monoisotopic (exact) mass is 795 g/mol. The molecule has 1 N–H and O–H groups in total. The highest BCUT2D eigenvalue weighted by atomic mass is 35.5. The van der Waals surface area contributed by atoms with E-state index in [9.17, 15) is 14.4 Å². The van der Waals surface area contributed by atoms with Crippen molar-refractivity contribution in [3.8, 4) is 11.1 Å². The fourth-order valence-electron chi connectivity index (χ4n) is 9.65. The van der Waals surface area contributed by atoms with Gasteiger partial charge < -0.3 is 23.9 Å². The number of hydrogen-bond donors (Lipinski definition) is 1. The van der Waals surface area contributed by atoms with Crippen molar-refractivity contribution in [2.24, 2.45) is 25.9 Å². The van der Waals surface area contributed by atoms with E-state index in [4.69, 9.17) is 31.0 Å². The molecule has 12 nitrogen and oxygen atoms in total. The molecule has 1 aliphatic carbocycles. The highest BCUT2D eigenvalue weighted by Crippen LogP contribution is 2.37. The molecule has 2 fully saturated rings. The van der Waals surface area contributed by atoms with Crippen LogP contribution in [-0.4, -0.2) is 92.6 Å². The van der Waals surface area contributed by atoms with E-state index in [0.717, 1.165) is 136 Å². The van der Waals surface area contributed by atoms with Crippen molar-refractivity contribution in [1.82, 2.24) is 28.9 Å². The average molecular weight is 796 g/mol. The van der Waals surface area contributed by atoms with Crippen LogP contribution in [0.4, 0.5) is 5.69 Å². The number of Topliss-reactive ketones (excluding diaryl/α,β-unsaturated/α-hetero) is 1. The van der Waals surface area contributed by atoms with Crippen LogP contribution < -0.4 is 5.32 Å². The van der Waals surface area contributed by atoms with Gasteiger partial charge in [-0.05, 0) is 74.1 Å². The van der Waals surface area contributed by atoms with Gasteiger partial charge in [0.15, 0.2) is 11.6 Å². The normalized spacial score (nSPS) is 20.5. The van der Waals surface area contributed by atoms with Crippen molar-refractivity contribution < 1.29 is 23.9 Å². The maximum absolute atomic E-state index is 13.9. The van der Waals surface area contributed by atoms with Gasteiger partial charge in [0, 0.05) is 102 Å². The highest BCUT2D eigenvalue weighted by Gasteiger charge is 2.32. The van der Waals surface area contributed by atoms with Gasteiger partial charge in [-0.25, -0.2) is 9.97 Å². The number of halogens is 1. The van der Waals surface area contributed by atoms with Crippen LogP contribution in [0.5, 0.6) is 0 Å². The second-order valence-electron chi connectivity index (χ2n) is 16.4. The standard InChI is InChI=1S/C44H54ClN7O5/c1-27-30(23-39(53)41-46-36-26-52(20-16-38(36)49(41)2)31-17-21-57-22-18-31)7-5-8-32(27)33-9-6-10-34(40(33)45)48-43(54)42-47-35-25-51(19-15-37(35)50(42)3)24-28-11-13-29(14-12-28)44(55)56-4/h5-10,28-29,31H,11-26H2,1-4H3,(H,48,54). The van der Waals surface area contributed by atoms with Crippen LogP contribution in [0, 0.1) is 18.8 Å². The van der Waals surface area contributed by atoms with Crippen LogP contribution >= 0.6 is 11.6 Å². The number of aromatic nitrogens is 4. The van der Waals surface area contributed by atoms with E-state index in [2.05, 4.69) is 15.1 Å². The van der Waals surface area contributed by atoms with Gasteiger partial charge in [-0.3, -0.25) is 24.2 Å². The average Bonchev–Trinajstić information content (AvgIpc) is 3.75. The first-order chi connectivity index (χ1) is 27.6. The molecule has 4 aliphatic rings. The minimum atomic E-state index is -0.316. The molecule has 0 spiro atoms. The summed E-state index contributed by atoms with van der Waals surface area (Å²) >= 11 is 7.07. The van der Waals surface area contributed by atoms with E-state index in [-0.39, 0.29) is 30.0 Å². The van der Waals surface area contributed by atoms with Crippen molar-refractivity contribution in [3.05, 3.63) is 87.0 Å². The fraction of sp³-hybridized carbons (Fsp3) is 0.523. The zero-order valence-electron chi connectivity index (χ0n) is 33.6. The maximum Gasteiger partial charge on any atom is 0.308 e. The molecule has 4 aromatic rings. The van der Waals surface area contributed by atoms with Crippen LogP contribution in [-0.2, 0) is 60.7 Å². The summed E-state index contributed by atoms with van der Waals surface area (Å²) in [5, 5.41) is 3.47. The number of amides is 1. The first-order valence-corrected chi connectivity index (χ1v) is 20.9. The van der Waals surface area contributed by atoms with Crippen LogP contribution in [0.15, 0.2) is 36.4 Å². The topological polar surface area (TPSA) is 124 Å². The molecule has 0 unspecified atom stereocenters. The van der Waals surface area contributed by atoms with Crippen molar-refractivity contribution in [2.75, 3.05) is 45.3 Å². The summed E-state index contributed by atoms with van der Waals surface area (Å²) in [5.41, 5.74) is 8.21. The Hall–Kier alpha value is -4.36. The van der Waals surface area contributed by atoms with E-state index in [0.29, 0.717) is 40.9 Å². The Labute approximate surface area is 339 Å². The summed E-state index contributed by atoms with van der Waals surface area (Å²) in [7, 11) is 5.33. The third-order valence-electron chi connectivity index (χ3n) is 13.0. The molecule has 8 rings (SSSR count). The number of anilines is 1. The van der Waals surface area contributed by atoms with Gasteiger partial charge >= 0.3 is 5.97 Å². The molecule has 0 radical (unpaired) electrons. The molecular weight excluding hydrogens is 742 g/mol. The Balaban J connectivity index is 0.929. The predicted molar refractivity (Wildman–Crippen MR) is 218 cm³/mol. The molecule has 2 aromatic heterocycles. The van der Waals surface area contributed by atoms with Gasteiger partial charge in [0.2, 0.25) is 5.78 Å². The molecule has 2 aromatic carbocycles. The summed E-state index contributed by atoms with van der Waals surface area (Å²) in [6.07, 6.45) is 7.79. The van der Waals surface area contributed by atoms with E-state index in [1.165, 1.54) is 7.11 Å². The Morgan fingerprint density at radius 2 is 1.53 bits per heavy atom. The van der Waals surface area contributed by atoms with Crippen molar-refractivity contribution in [1.29, 1.82) is 0 Å². The third kappa shape index (κ3) is 8.06. The van der Waals surface area contributed by atoms with Crippen molar-refractivity contribution >= 4 is 34.9 Å². The van der Waals surface area contributed by atoms with Gasteiger partial charge in [0.25, 0.3) is 5.91 Å². The summed E-state index contributed by atoms with van der Waals surface area (Å²) in [6, 6.07) is 12.1. The first-order valence-electron chi connectivity index (χ1n) is 20.5. The number of hydrogen-bond acceptors (Lipinski definition) is 9. The molecule has 13 heteroatoms. The molecule has 5 heterocycles. The Kier molecular flexibility index (Phi) is 11.7. The van der Waals surface area contributed by atoms with Crippen LogP contribution in [0.3, 0.4) is 0 Å². The SMILES string of the molecule is COC(=O)C1CCC(CN2CCc3c(nc(C(=O)Nc4cccc(-c5cccc(CC(=O)c6nc7c(n6C)CCN(C6CCOCC6)C7)c5C)c4Cl)n3C)C2)CC1. The Morgan fingerprint density at radius 3 is 2.28 bits per heavy atom. The Bertz CT molecular complexity index is 2160. The molecule has 1 saturated heterocycles. The number of nitrogens with zero attached hydrogens (tertiary/aromatic N) is 6. The molecule has 302 valence electrons. The highest BCUT2D eigenvalue weighted by molar-refractivity contribution is 6.36. The lowest BCUT2D eigenvalue weighted by Gasteiger charge is -2.36. The number of methoxy groups -OCH3 is 1. The van der Waals surface area contributed by atoms with E-state index >= 15 is 0 Å². The minimum Gasteiger partial charge on any atom is -0.469 e. The molecule has 1 saturated carbocycles. The lowest BCUT2D eigenvalue weighted by molar-refractivity contribution is -0.146. The largest absolute Gasteiger partial charge is 0.469 e. The third-order valence-corrected chi connectivity index (χ3v) is 13.4. The number of benzene rings is 2. The predicted octanol–water partition coefficient (Wildman–Crippen LogP) is 6.33. The first kappa shape index (κ1) is 39.5. The zero-order valence-corrected chi connectivity index (χ0v) is 34.4. The van der Waals surface area contributed by atoms with E-state index in [1.807, 2.05) is 60.5 Å². The lowest BCUT2D eigenvalue weighted by Crippen LogP contribution is -2.42. The number of rotatable bonds is 10. The Morgan fingerprint density at radius 1 is 0.860 bits per heavy atom. The number of nitrogens with one attached hydrogen (secondary N) is 1. The van der Waals surface area contributed by atoms with Crippen LogP contribution in [0.25, 0.3) is 11.1 Å². The number of carbonyl (C=O) groups excluding carboxylic acids is 3. The number of ether oxygens (including phenoxy) is 2. The van der Waals surface area contributed by atoms with E-state index < -0.39 is 0 Å². The van der Waals surface area contributed by atoms with Gasteiger partial charge in [-0.15, -0.1) is 0 Å². The fourth-order valence-corrected chi connectivity index (χ4v) is 9.92. The summed E-state index contributed by atoms with van der Waals surface area (Å²) in [6.45, 7) is 7.93. The molecule has 57 heavy (non-hydrogen) atoms. The number of carbonyl (C=O) groups is 3. The van der Waals surface area contributed by atoms with Gasteiger partial charge in [-0.1, -0.05) is 41.9 Å². The van der Waals surface area contributed by atoms with Gasteiger partial charge in [0.05, 0.1) is 35.1 Å². The number of esters is 1. The second-order valence-corrected chi connectivity index (χ2v) is 16.8. The van der Waals surface area contributed by atoms with E-state index in [1.54, 1.807) is 6.07 Å². The summed E-state index contributed by atoms with van der Waals surface area (Å²) < 4.78 is 14.4. The molecule has 0 atom stereocenters. The van der Waals surface area contributed by atoms with Crippen LogP contribution in [0.1, 0.15) is 93.7 Å². The number of ketones is 1. The molecule has 3 aliphatic heterocycles. The van der Waals surface area contributed by atoms with Crippen molar-refractivity contribution in [2.45, 2.75) is 83.8 Å². The number of imidazole rings is 2. The van der Waals surface area contributed by atoms with Crippen LogP contribution in [0.2, 0.25) is 5.02 Å². The zero-order chi connectivity index (χ0) is 39.8. The number of fused-ring (bicyclic) bond motifs is 2. The molecular formula is C44H54ClN7O5. The quantitative estimate of drug-likeness (QED) is 0.145. The van der Waals surface area contributed by atoms with Gasteiger partial charge in [0.1, 0.15) is 0 Å². The molecule has 1 amide bonds. The molecule has 0 bridgehead atoms. The summed E-state index contributed by atoms with van der Waals surface area (Å²) in [4.78, 5) is 54.3. The summed E-state index contributed by atoms with van der Waals surface area (Å²) in [5.74, 6) is 0.999. The smallest absolute Gasteiger partial charge is 0.308 e. The van der Waals surface area contributed by atoms with Crippen molar-refractivity contribution in [3.63, 3.8) is 0 Å². The lowest BCUT2D eigenvalue weighted by atomic mass is 9.81.